The number of para-hydroxylation sites is 4. The molecule has 2 fully saturated rings. The van der Waals surface area contributed by atoms with Gasteiger partial charge in [0, 0.05) is 51.1 Å². The number of rotatable bonds is 6. The molecule has 0 radical (unpaired) electrons. The van der Waals surface area contributed by atoms with Crippen molar-refractivity contribution in [3.05, 3.63) is 59.0 Å². The Morgan fingerprint density at radius 2 is 1.50 bits per heavy atom. The van der Waals surface area contributed by atoms with Gasteiger partial charge in [0.25, 0.3) is 0 Å². The van der Waals surface area contributed by atoms with Crippen molar-refractivity contribution < 1.29 is 4.79 Å². The number of nitrogens with one attached hydrogen (secondary N) is 2. The fraction of sp³-hybridized carbons (Fsp3) is 0.500. The second-order valence-electron chi connectivity index (χ2n) is 10.8. The summed E-state index contributed by atoms with van der Waals surface area (Å²) < 4.78 is 2.36. The Morgan fingerprint density at radius 1 is 0.861 bits per heavy atom. The van der Waals surface area contributed by atoms with Crippen molar-refractivity contribution in [1.82, 2.24) is 23.8 Å². The highest BCUT2D eigenvalue weighted by atomic mass is 16.2. The van der Waals surface area contributed by atoms with Crippen LogP contribution >= 0.6 is 0 Å². The number of H-pyrrole nitrogens is 1. The Hall–Kier alpha value is -2.94. The molecule has 0 bridgehead atoms. The number of nitrogens with zero attached hydrogens (tertiary/aromatic N) is 4. The van der Waals surface area contributed by atoms with Gasteiger partial charge >= 0.3 is 11.7 Å². The third-order valence-corrected chi connectivity index (χ3v) is 8.85. The van der Waals surface area contributed by atoms with Gasteiger partial charge in [0.1, 0.15) is 11.7 Å². The van der Waals surface area contributed by atoms with Gasteiger partial charge < -0.3 is 14.8 Å². The number of aromatic nitrogens is 2. The predicted octanol–water partition coefficient (Wildman–Crippen LogP) is 4.00. The monoisotopic (exact) mass is 489 g/mol. The van der Waals surface area contributed by atoms with Crippen LogP contribution in [0.15, 0.2) is 53.3 Å². The minimum atomic E-state index is 0.0177. The molecule has 190 valence electrons. The van der Waals surface area contributed by atoms with Gasteiger partial charge in [-0.2, -0.15) is 0 Å². The molecular formula is C28H37N6O2+. The first-order valence-electron chi connectivity index (χ1n) is 13.5. The summed E-state index contributed by atoms with van der Waals surface area (Å²) >= 11 is 0. The number of urea groups is 1. The Balaban J connectivity index is 0.966. The fourth-order valence-electron chi connectivity index (χ4n) is 6.70. The molecule has 8 nitrogen and oxygen atoms in total. The molecule has 36 heavy (non-hydrogen) atoms. The number of aromatic amines is 1. The summed E-state index contributed by atoms with van der Waals surface area (Å²) in [6, 6.07) is 16.8. The van der Waals surface area contributed by atoms with Crippen LogP contribution in [-0.4, -0.2) is 77.7 Å². The van der Waals surface area contributed by atoms with E-state index in [9.17, 15) is 9.59 Å². The van der Waals surface area contributed by atoms with Crippen LogP contribution < -0.4 is 15.5 Å². The van der Waals surface area contributed by atoms with E-state index in [1.54, 1.807) is 0 Å². The van der Waals surface area contributed by atoms with Crippen molar-refractivity contribution in [2.75, 3.05) is 51.6 Å². The van der Waals surface area contributed by atoms with Gasteiger partial charge in [0.15, 0.2) is 5.69 Å². The van der Waals surface area contributed by atoms with Gasteiger partial charge in [-0.05, 0) is 50.6 Å². The van der Waals surface area contributed by atoms with E-state index in [2.05, 4.69) is 33.2 Å². The summed E-state index contributed by atoms with van der Waals surface area (Å²) in [4.78, 5) is 33.5. The highest BCUT2D eigenvalue weighted by Gasteiger charge is 2.49. The fourth-order valence-corrected chi connectivity index (χ4v) is 6.70. The first kappa shape index (κ1) is 23.5. The standard InChI is InChI=1S/C28H36N6O2/c1-34(26-10-5-3-8-24(26)30-28(34)36)22-13-19-32(20-14-22)16-6-15-31-17-11-21(12-18-31)33-25-9-4-2-7-23(25)29-27(33)35/h2-5,7-10,21-22H,6,11-20H2,1H3,(H-,29,30,35,36)/p+1. The lowest BCUT2D eigenvalue weighted by Crippen LogP contribution is -2.59. The second-order valence-corrected chi connectivity index (χ2v) is 10.8. The third kappa shape index (κ3) is 4.07. The molecule has 0 saturated carbocycles. The normalized spacial score (nSPS) is 24.3. The second kappa shape index (κ2) is 9.50. The first-order chi connectivity index (χ1) is 17.5. The smallest absolute Gasteiger partial charge is 0.306 e. The van der Waals surface area contributed by atoms with Gasteiger partial charge in [-0.1, -0.05) is 24.3 Å². The highest BCUT2D eigenvalue weighted by molar-refractivity contribution is 6.07. The van der Waals surface area contributed by atoms with Gasteiger partial charge in [-0.25, -0.2) is 14.1 Å². The number of fused-ring (bicyclic) bond motifs is 2. The van der Waals surface area contributed by atoms with Crippen LogP contribution in [0.5, 0.6) is 0 Å². The van der Waals surface area contributed by atoms with Crippen molar-refractivity contribution >= 4 is 28.4 Å². The average Bonchev–Trinajstić information content (AvgIpc) is 3.38. The Kier molecular flexibility index (Phi) is 6.19. The Bertz CT molecular complexity index is 1300. The van der Waals surface area contributed by atoms with Crippen molar-refractivity contribution in [2.24, 2.45) is 0 Å². The van der Waals surface area contributed by atoms with Crippen LogP contribution in [0.4, 0.5) is 16.2 Å². The summed E-state index contributed by atoms with van der Waals surface area (Å²) in [6.45, 7) is 6.42. The molecule has 2 amide bonds. The summed E-state index contributed by atoms with van der Waals surface area (Å²) in [7, 11) is 2.08. The number of carbonyl (C=O) groups excluding carboxylic acids is 1. The highest BCUT2D eigenvalue weighted by Crippen LogP contribution is 2.41. The molecule has 6 rings (SSSR count). The van der Waals surface area contributed by atoms with Crippen molar-refractivity contribution in [3.63, 3.8) is 0 Å². The van der Waals surface area contributed by atoms with Crippen LogP contribution in [0.3, 0.4) is 0 Å². The predicted molar refractivity (Wildman–Crippen MR) is 145 cm³/mol. The molecule has 1 atom stereocenters. The van der Waals surface area contributed by atoms with E-state index in [4.69, 9.17) is 0 Å². The number of likely N-dealkylation sites (tertiary alicyclic amines) is 2. The molecule has 3 aliphatic heterocycles. The molecule has 2 saturated heterocycles. The van der Waals surface area contributed by atoms with Crippen LogP contribution in [-0.2, 0) is 0 Å². The number of imidazole rings is 1. The lowest BCUT2D eigenvalue weighted by atomic mass is 10.00. The summed E-state index contributed by atoms with van der Waals surface area (Å²) in [6.07, 6.45) is 5.30. The van der Waals surface area contributed by atoms with Crippen molar-refractivity contribution in [3.8, 4) is 0 Å². The van der Waals surface area contributed by atoms with Crippen LogP contribution in [0.1, 0.15) is 38.1 Å². The molecule has 3 aliphatic rings. The Morgan fingerprint density at radius 3 is 2.25 bits per heavy atom. The van der Waals surface area contributed by atoms with E-state index < -0.39 is 0 Å². The molecule has 2 N–H and O–H groups in total. The third-order valence-electron chi connectivity index (χ3n) is 8.85. The number of quaternary nitrogens is 1. The Labute approximate surface area is 212 Å². The van der Waals surface area contributed by atoms with E-state index in [0.29, 0.717) is 10.5 Å². The zero-order valence-electron chi connectivity index (χ0n) is 21.2. The maximum Gasteiger partial charge on any atom is 0.426 e. The van der Waals surface area contributed by atoms with E-state index >= 15 is 0 Å². The lowest BCUT2D eigenvalue weighted by Gasteiger charge is -2.40. The number of hydrogen-bond donors (Lipinski definition) is 2. The first-order valence-corrected chi connectivity index (χ1v) is 13.5. The molecule has 1 aromatic heterocycles. The van der Waals surface area contributed by atoms with E-state index in [1.165, 1.54) is 0 Å². The summed E-state index contributed by atoms with van der Waals surface area (Å²) in [5.74, 6) is 0. The molecule has 2 aromatic carbocycles. The minimum Gasteiger partial charge on any atom is -0.306 e. The van der Waals surface area contributed by atoms with E-state index in [1.807, 2.05) is 47.0 Å². The molecule has 8 heteroatoms. The van der Waals surface area contributed by atoms with E-state index in [0.717, 1.165) is 93.8 Å². The topological polar surface area (TPSA) is 73.4 Å². The van der Waals surface area contributed by atoms with Crippen LogP contribution in [0, 0.1) is 0 Å². The molecule has 4 heterocycles. The number of hydrogen-bond acceptors (Lipinski definition) is 4. The lowest BCUT2D eigenvalue weighted by molar-refractivity contribution is 0.134. The largest absolute Gasteiger partial charge is 0.426 e. The SMILES string of the molecule is C[N+]1(C2CCN(CCCN3CCC(n4c(=O)[nH]c5ccccc54)CC3)CC2)C(=O)Nc2ccccc21. The number of benzene rings is 2. The van der Waals surface area contributed by atoms with Gasteiger partial charge in [0.2, 0.25) is 0 Å². The summed E-state index contributed by atoms with van der Waals surface area (Å²) in [5, 5.41) is 3.08. The quantitative estimate of drug-likeness (QED) is 0.514. The van der Waals surface area contributed by atoms with Crippen LogP contribution in [0.2, 0.25) is 0 Å². The number of amides is 2. The molecular weight excluding hydrogens is 452 g/mol. The average molecular weight is 490 g/mol. The molecule has 3 aromatic rings. The maximum absolute atomic E-state index is 12.9. The van der Waals surface area contributed by atoms with Crippen LogP contribution in [0.25, 0.3) is 11.0 Å². The van der Waals surface area contributed by atoms with Crippen molar-refractivity contribution in [1.29, 1.82) is 0 Å². The number of piperidine rings is 2. The number of anilines is 1. The number of carbonyl (C=O) groups is 1. The van der Waals surface area contributed by atoms with Gasteiger partial charge in [-0.3, -0.25) is 9.88 Å². The molecule has 1 unspecified atom stereocenters. The van der Waals surface area contributed by atoms with Gasteiger partial charge in [-0.15, -0.1) is 0 Å². The van der Waals surface area contributed by atoms with Crippen molar-refractivity contribution in [2.45, 2.75) is 44.2 Å². The summed E-state index contributed by atoms with van der Waals surface area (Å²) in [5.41, 5.74) is 4.05. The minimum absolute atomic E-state index is 0.0177. The molecule has 0 aliphatic carbocycles. The molecule has 0 spiro atoms. The zero-order chi connectivity index (χ0) is 24.7. The maximum atomic E-state index is 12.9. The van der Waals surface area contributed by atoms with Gasteiger partial charge in [0.05, 0.1) is 18.1 Å². The van der Waals surface area contributed by atoms with E-state index in [-0.39, 0.29) is 17.8 Å². The zero-order valence-corrected chi connectivity index (χ0v) is 21.2.